The number of fused-ring (bicyclic) bond motifs is 1. The summed E-state index contributed by atoms with van der Waals surface area (Å²) >= 11 is 0. The first-order valence-corrected chi connectivity index (χ1v) is 2.77. The van der Waals surface area contributed by atoms with Gasteiger partial charge in [0.25, 0.3) is 0 Å². The molecule has 0 amide bonds. The SMILES string of the molecule is c1cnc2c(c1)=NCN=2. The highest BCUT2D eigenvalue weighted by atomic mass is 15.0. The van der Waals surface area contributed by atoms with E-state index in [1.807, 2.05) is 12.1 Å². The van der Waals surface area contributed by atoms with Crippen molar-refractivity contribution in [1.29, 1.82) is 0 Å². The van der Waals surface area contributed by atoms with Crippen LogP contribution < -0.4 is 10.8 Å². The Morgan fingerprint density at radius 3 is 3.22 bits per heavy atom. The van der Waals surface area contributed by atoms with Crippen LogP contribution in [0.15, 0.2) is 28.3 Å². The van der Waals surface area contributed by atoms with Crippen LogP contribution in [0.1, 0.15) is 0 Å². The van der Waals surface area contributed by atoms with Crippen LogP contribution >= 0.6 is 0 Å². The van der Waals surface area contributed by atoms with Gasteiger partial charge < -0.3 is 0 Å². The zero-order valence-corrected chi connectivity index (χ0v) is 4.78. The molecule has 0 aromatic carbocycles. The molecule has 2 rings (SSSR count). The quantitative estimate of drug-likeness (QED) is 0.444. The Morgan fingerprint density at radius 2 is 2.33 bits per heavy atom. The molecular formula is C6H5N3. The van der Waals surface area contributed by atoms with E-state index in [1.165, 1.54) is 0 Å². The Kier molecular flexibility index (Phi) is 0.828. The third-order valence-electron chi connectivity index (χ3n) is 1.23. The molecule has 1 aliphatic heterocycles. The molecule has 3 heteroatoms. The predicted molar refractivity (Wildman–Crippen MR) is 31.4 cm³/mol. The number of hydrogen-bond acceptors (Lipinski definition) is 3. The molecule has 9 heavy (non-hydrogen) atoms. The molecule has 1 aromatic rings. The van der Waals surface area contributed by atoms with Crippen molar-refractivity contribution in [3.8, 4) is 0 Å². The molecule has 0 bridgehead atoms. The van der Waals surface area contributed by atoms with Crippen molar-refractivity contribution >= 4 is 0 Å². The number of hydrogen-bond donors (Lipinski definition) is 0. The maximum absolute atomic E-state index is 4.07. The fourth-order valence-corrected chi connectivity index (χ4v) is 0.812. The Hall–Kier alpha value is -1.25. The van der Waals surface area contributed by atoms with E-state index < -0.39 is 0 Å². The Labute approximate surface area is 51.8 Å². The van der Waals surface area contributed by atoms with Crippen molar-refractivity contribution < 1.29 is 0 Å². The number of nitrogens with zero attached hydrogens (tertiary/aromatic N) is 3. The van der Waals surface area contributed by atoms with E-state index in [0.717, 1.165) is 10.8 Å². The summed E-state index contributed by atoms with van der Waals surface area (Å²) in [6.45, 7) is 0.548. The summed E-state index contributed by atoms with van der Waals surface area (Å²) in [5, 5.41) is 0.914. The molecule has 0 fully saturated rings. The second-order valence-corrected chi connectivity index (χ2v) is 1.80. The first-order chi connectivity index (χ1) is 4.47. The van der Waals surface area contributed by atoms with Crippen LogP contribution in [0, 0.1) is 0 Å². The van der Waals surface area contributed by atoms with E-state index in [2.05, 4.69) is 15.0 Å². The van der Waals surface area contributed by atoms with Crippen LogP contribution in [-0.2, 0) is 0 Å². The minimum Gasteiger partial charge on any atom is -0.258 e. The lowest BCUT2D eigenvalue weighted by atomic mass is 10.5. The van der Waals surface area contributed by atoms with Crippen LogP contribution in [0.5, 0.6) is 0 Å². The molecule has 1 aliphatic rings. The smallest absolute Gasteiger partial charge is 0.174 e. The van der Waals surface area contributed by atoms with Crippen molar-refractivity contribution in [3.05, 3.63) is 29.2 Å². The fraction of sp³-hybridized carbons (Fsp3) is 0.167. The Balaban J connectivity index is 2.97. The molecule has 0 N–H and O–H groups in total. The number of pyridine rings is 1. The summed E-state index contributed by atoms with van der Waals surface area (Å²) in [6, 6.07) is 3.78. The highest BCUT2D eigenvalue weighted by Crippen LogP contribution is 1.73. The standard InChI is InChI=1S/C6H5N3/c1-2-5-6(7-3-1)9-4-8-5/h1-3H,4H2. The highest BCUT2D eigenvalue weighted by molar-refractivity contribution is 4.92. The maximum atomic E-state index is 4.07. The maximum Gasteiger partial charge on any atom is 0.174 e. The van der Waals surface area contributed by atoms with E-state index in [0.29, 0.717) is 6.67 Å². The van der Waals surface area contributed by atoms with Crippen molar-refractivity contribution in [2.45, 2.75) is 0 Å². The molecule has 0 atom stereocenters. The third-order valence-corrected chi connectivity index (χ3v) is 1.23. The van der Waals surface area contributed by atoms with Crippen LogP contribution in [0.4, 0.5) is 0 Å². The molecule has 2 heterocycles. The van der Waals surface area contributed by atoms with Gasteiger partial charge in [-0.2, -0.15) is 0 Å². The van der Waals surface area contributed by atoms with Gasteiger partial charge in [0.1, 0.15) is 12.0 Å². The van der Waals surface area contributed by atoms with Crippen molar-refractivity contribution in [2.24, 2.45) is 9.98 Å². The van der Waals surface area contributed by atoms with E-state index in [1.54, 1.807) is 6.20 Å². The number of rotatable bonds is 0. The topological polar surface area (TPSA) is 37.6 Å². The molecule has 0 unspecified atom stereocenters. The van der Waals surface area contributed by atoms with Gasteiger partial charge in [0.05, 0.1) is 0 Å². The average Bonchev–Trinajstić information content (AvgIpc) is 2.33. The van der Waals surface area contributed by atoms with Gasteiger partial charge in [-0.25, -0.2) is 9.98 Å². The molecule has 0 saturated heterocycles. The second-order valence-electron chi connectivity index (χ2n) is 1.80. The average molecular weight is 119 g/mol. The second kappa shape index (κ2) is 1.62. The molecule has 44 valence electrons. The summed E-state index contributed by atoms with van der Waals surface area (Å²) in [5.74, 6) is 0. The van der Waals surface area contributed by atoms with Crippen molar-refractivity contribution in [1.82, 2.24) is 4.98 Å². The normalized spacial score (nSPS) is 13.8. The summed E-state index contributed by atoms with van der Waals surface area (Å²) in [7, 11) is 0. The molecule has 0 saturated carbocycles. The first kappa shape index (κ1) is 4.61. The van der Waals surface area contributed by atoms with E-state index in [-0.39, 0.29) is 0 Å². The molecule has 3 nitrogen and oxygen atoms in total. The number of aromatic nitrogens is 1. The van der Waals surface area contributed by atoms with Gasteiger partial charge in [0.15, 0.2) is 5.49 Å². The minimum absolute atomic E-state index is 0.548. The highest BCUT2D eigenvalue weighted by Gasteiger charge is 1.91. The molecule has 0 spiro atoms. The van der Waals surface area contributed by atoms with Gasteiger partial charge in [-0.15, -0.1) is 0 Å². The lowest BCUT2D eigenvalue weighted by Gasteiger charge is -1.75. The first-order valence-electron chi connectivity index (χ1n) is 2.77. The van der Waals surface area contributed by atoms with Gasteiger partial charge in [-0.3, -0.25) is 4.99 Å². The summed E-state index contributed by atoms with van der Waals surface area (Å²) < 4.78 is 0. The van der Waals surface area contributed by atoms with E-state index in [9.17, 15) is 0 Å². The zero-order chi connectivity index (χ0) is 6.10. The monoisotopic (exact) mass is 119 g/mol. The summed E-state index contributed by atoms with van der Waals surface area (Å²) in [6.07, 6.45) is 1.73. The molecule has 0 aliphatic carbocycles. The van der Waals surface area contributed by atoms with Crippen LogP contribution in [0.25, 0.3) is 0 Å². The van der Waals surface area contributed by atoms with Crippen LogP contribution in [-0.4, -0.2) is 11.7 Å². The summed E-state index contributed by atoms with van der Waals surface area (Å²) in [4.78, 5) is 12.1. The lowest BCUT2D eigenvalue weighted by molar-refractivity contribution is 1.04. The Morgan fingerprint density at radius 1 is 1.33 bits per heavy atom. The van der Waals surface area contributed by atoms with Crippen LogP contribution in [0.2, 0.25) is 0 Å². The minimum atomic E-state index is 0.548. The fourth-order valence-electron chi connectivity index (χ4n) is 0.812. The van der Waals surface area contributed by atoms with Crippen molar-refractivity contribution in [2.75, 3.05) is 6.67 Å². The van der Waals surface area contributed by atoms with Gasteiger partial charge in [-0.1, -0.05) is 0 Å². The summed E-state index contributed by atoms with van der Waals surface area (Å²) in [5.41, 5.74) is 0.775. The molecule has 0 radical (unpaired) electrons. The predicted octanol–water partition coefficient (Wildman–Crippen LogP) is -0.708. The van der Waals surface area contributed by atoms with E-state index in [4.69, 9.17) is 0 Å². The van der Waals surface area contributed by atoms with Gasteiger partial charge in [0, 0.05) is 6.20 Å². The van der Waals surface area contributed by atoms with Crippen molar-refractivity contribution in [3.63, 3.8) is 0 Å². The van der Waals surface area contributed by atoms with Gasteiger partial charge in [0.2, 0.25) is 0 Å². The Bertz CT molecular complexity index is 295. The molecular weight excluding hydrogens is 114 g/mol. The zero-order valence-electron chi connectivity index (χ0n) is 4.78. The lowest BCUT2D eigenvalue weighted by Crippen LogP contribution is -2.23. The van der Waals surface area contributed by atoms with E-state index >= 15 is 0 Å². The van der Waals surface area contributed by atoms with Gasteiger partial charge in [-0.05, 0) is 12.1 Å². The molecule has 1 aromatic heterocycles. The third kappa shape index (κ3) is 0.614. The van der Waals surface area contributed by atoms with Crippen LogP contribution in [0.3, 0.4) is 0 Å². The largest absolute Gasteiger partial charge is 0.258 e. The van der Waals surface area contributed by atoms with Gasteiger partial charge >= 0.3 is 0 Å².